The summed E-state index contributed by atoms with van der Waals surface area (Å²) in [7, 11) is 0. The number of halogens is 3. The van der Waals surface area contributed by atoms with Crippen LogP contribution in [0.3, 0.4) is 0 Å². The topological polar surface area (TPSA) is 0 Å². The minimum absolute atomic E-state index is 0.0351. The highest BCUT2D eigenvalue weighted by atomic mass is 79.9. The zero-order chi connectivity index (χ0) is 7.56. The van der Waals surface area contributed by atoms with E-state index in [0.29, 0.717) is 11.8 Å². The van der Waals surface area contributed by atoms with Crippen LogP contribution >= 0.6 is 27.5 Å². The van der Waals surface area contributed by atoms with Gasteiger partial charge < -0.3 is 0 Å². The van der Waals surface area contributed by atoms with E-state index in [2.05, 4.69) is 15.9 Å². The lowest BCUT2D eigenvalue weighted by atomic mass is 10.1. The monoisotopic (exact) mass is 224 g/mol. The summed E-state index contributed by atoms with van der Waals surface area (Å²) >= 11 is 8.94. The lowest BCUT2D eigenvalue weighted by Crippen LogP contribution is -2.03. The molecule has 1 unspecified atom stereocenters. The normalized spacial score (nSPS) is 25.7. The molecule has 56 valence electrons. The molecule has 3 heteroatoms. The average Bonchev–Trinajstić information content (AvgIpc) is 1.94. The minimum Gasteiger partial charge on any atom is -0.207 e. The van der Waals surface area contributed by atoms with Crippen molar-refractivity contribution in [1.82, 2.24) is 0 Å². The van der Waals surface area contributed by atoms with Gasteiger partial charge in [0.25, 0.3) is 0 Å². The molecule has 0 aliphatic heterocycles. The highest BCUT2D eigenvalue weighted by molar-refractivity contribution is 9.09. The first kappa shape index (κ1) is 8.28. The van der Waals surface area contributed by atoms with Gasteiger partial charge in [-0.15, -0.1) is 11.6 Å². The smallest absolute Gasteiger partial charge is 0.123 e. The molecule has 0 heterocycles. The molecule has 1 atom stereocenters. The van der Waals surface area contributed by atoms with Crippen LogP contribution in [0.4, 0.5) is 4.39 Å². The third-order valence-electron chi connectivity index (χ3n) is 1.39. The average molecular weight is 225 g/mol. The molecular weight excluding hydrogens is 218 g/mol. The number of hydrogen-bond donors (Lipinski definition) is 0. The Hall–Kier alpha value is 0.180. The van der Waals surface area contributed by atoms with Gasteiger partial charge in [0.1, 0.15) is 5.83 Å². The van der Waals surface area contributed by atoms with Crippen molar-refractivity contribution in [2.75, 3.05) is 5.33 Å². The predicted molar refractivity (Wildman–Crippen MR) is 45.3 cm³/mol. The van der Waals surface area contributed by atoms with Crippen LogP contribution in [0.5, 0.6) is 0 Å². The van der Waals surface area contributed by atoms with Crippen LogP contribution in [0.25, 0.3) is 0 Å². The molecular formula is C7H7BrClF. The van der Waals surface area contributed by atoms with E-state index in [4.69, 9.17) is 11.6 Å². The number of allylic oxidation sites excluding steroid dienone is 4. The fourth-order valence-electron chi connectivity index (χ4n) is 0.826. The molecule has 10 heavy (non-hydrogen) atoms. The van der Waals surface area contributed by atoms with Crippen molar-refractivity contribution in [1.29, 1.82) is 0 Å². The first-order valence-corrected chi connectivity index (χ1v) is 4.55. The lowest BCUT2D eigenvalue weighted by Gasteiger charge is -2.11. The highest BCUT2D eigenvalue weighted by Gasteiger charge is 2.12. The summed E-state index contributed by atoms with van der Waals surface area (Å²) < 4.78 is 12.7. The lowest BCUT2D eigenvalue weighted by molar-refractivity contribution is 0.638. The van der Waals surface area contributed by atoms with Crippen LogP contribution < -0.4 is 0 Å². The summed E-state index contributed by atoms with van der Waals surface area (Å²) in [5.41, 5.74) is 0.752. The molecule has 0 amide bonds. The second-order valence-electron chi connectivity index (χ2n) is 2.16. The Labute approximate surface area is 72.9 Å². The summed E-state index contributed by atoms with van der Waals surface area (Å²) in [4.78, 5) is 0. The molecule has 1 rings (SSSR count). The highest BCUT2D eigenvalue weighted by Crippen LogP contribution is 2.24. The van der Waals surface area contributed by atoms with Gasteiger partial charge in [-0.25, -0.2) is 4.39 Å². The van der Waals surface area contributed by atoms with Crippen molar-refractivity contribution in [2.45, 2.75) is 11.8 Å². The largest absolute Gasteiger partial charge is 0.207 e. The van der Waals surface area contributed by atoms with Gasteiger partial charge in [0, 0.05) is 5.33 Å². The van der Waals surface area contributed by atoms with Crippen molar-refractivity contribution in [2.24, 2.45) is 0 Å². The van der Waals surface area contributed by atoms with E-state index in [9.17, 15) is 4.39 Å². The van der Waals surface area contributed by atoms with Crippen LogP contribution in [-0.4, -0.2) is 10.7 Å². The van der Waals surface area contributed by atoms with Crippen molar-refractivity contribution >= 4 is 27.5 Å². The van der Waals surface area contributed by atoms with E-state index in [0.717, 1.165) is 5.57 Å². The molecule has 0 aromatic rings. The molecule has 0 aromatic heterocycles. The fourth-order valence-corrected chi connectivity index (χ4v) is 1.58. The van der Waals surface area contributed by atoms with Crippen LogP contribution in [0.15, 0.2) is 23.6 Å². The van der Waals surface area contributed by atoms with Gasteiger partial charge in [-0.05, 0) is 18.1 Å². The molecule has 0 radical (unpaired) electrons. The van der Waals surface area contributed by atoms with Crippen molar-refractivity contribution in [3.05, 3.63) is 23.6 Å². The summed E-state index contributed by atoms with van der Waals surface area (Å²) in [6.45, 7) is 0. The van der Waals surface area contributed by atoms with E-state index in [1.807, 2.05) is 0 Å². The van der Waals surface area contributed by atoms with E-state index < -0.39 is 0 Å². The quantitative estimate of drug-likeness (QED) is 0.601. The van der Waals surface area contributed by atoms with Gasteiger partial charge in [0.2, 0.25) is 0 Å². The zero-order valence-electron chi connectivity index (χ0n) is 5.28. The Morgan fingerprint density at radius 2 is 2.50 bits per heavy atom. The maximum absolute atomic E-state index is 12.7. The third-order valence-corrected chi connectivity index (χ3v) is 2.37. The molecule has 1 aliphatic carbocycles. The van der Waals surface area contributed by atoms with Crippen molar-refractivity contribution in [3.63, 3.8) is 0 Å². The Morgan fingerprint density at radius 1 is 1.80 bits per heavy atom. The second kappa shape index (κ2) is 3.54. The summed E-state index contributed by atoms with van der Waals surface area (Å²) in [6.07, 6.45) is 3.72. The SMILES string of the molecule is FC1=C(CBr)CC(Cl)C=C1. The summed E-state index contributed by atoms with van der Waals surface area (Å²) in [6, 6.07) is 0. The standard InChI is InChI=1S/C7H7BrClF/c8-4-5-3-6(9)1-2-7(5)10/h1-2,6H,3-4H2. The number of rotatable bonds is 1. The maximum Gasteiger partial charge on any atom is 0.123 e. The van der Waals surface area contributed by atoms with Crippen molar-refractivity contribution < 1.29 is 4.39 Å². The first-order chi connectivity index (χ1) is 4.74. The molecule has 0 saturated carbocycles. The zero-order valence-corrected chi connectivity index (χ0v) is 7.62. The van der Waals surface area contributed by atoms with E-state index in [1.165, 1.54) is 6.08 Å². The minimum atomic E-state index is -0.145. The Bertz CT molecular complexity index is 186. The van der Waals surface area contributed by atoms with Crippen LogP contribution in [-0.2, 0) is 0 Å². The molecule has 0 N–H and O–H groups in total. The van der Waals surface area contributed by atoms with Gasteiger partial charge in [0.15, 0.2) is 0 Å². The molecule has 0 bridgehead atoms. The van der Waals surface area contributed by atoms with Crippen LogP contribution in [0.1, 0.15) is 6.42 Å². The second-order valence-corrected chi connectivity index (χ2v) is 3.29. The van der Waals surface area contributed by atoms with E-state index >= 15 is 0 Å². The number of alkyl halides is 2. The first-order valence-electron chi connectivity index (χ1n) is 3.00. The van der Waals surface area contributed by atoms with Gasteiger partial charge >= 0.3 is 0 Å². The van der Waals surface area contributed by atoms with Gasteiger partial charge in [0.05, 0.1) is 5.38 Å². The predicted octanol–water partition coefficient (Wildman–Crippen LogP) is 3.17. The summed E-state index contributed by atoms with van der Waals surface area (Å²) in [5.74, 6) is -0.145. The Kier molecular flexibility index (Phi) is 2.93. The maximum atomic E-state index is 12.7. The Balaban J connectivity index is 2.74. The fraction of sp³-hybridized carbons (Fsp3) is 0.429. The van der Waals surface area contributed by atoms with Crippen molar-refractivity contribution in [3.8, 4) is 0 Å². The van der Waals surface area contributed by atoms with Gasteiger partial charge in [-0.2, -0.15) is 0 Å². The van der Waals surface area contributed by atoms with E-state index in [1.54, 1.807) is 6.08 Å². The van der Waals surface area contributed by atoms with Gasteiger partial charge in [-0.3, -0.25) is 0 Å². The third kappa shape index (κ3) is 1.83. The van der Waals surface area contributed by atoms with Crippen LogP contribution in [0.2, 0.25) is 0 Å². The Morgan fingerprint density at radius 3 is 3.00 bits per heavy atom. The van der Waals surface area contributed by atoms with E-state index in [-0.39, 0.29) is 11.2 Å². The molecule has 0 nitrogen and oxygen atoms in total. The molecule has 0 fully saturated rings. The molecule has 0 spiro atoms. The number of hydrogen-bond acceptors (Lipinski definition) is 0. The summed E-state index contributed by atoms with van der Waals surface area (Å²) in [5, 5.41) is 0.541. The van der Waals surface area contributed by atoms with Gasteiger partial charge in [-0.1, -0.05) is 22.0 Å². The molecule has 0 aromatic carbocycles. The molecule has 0 saturated heterocycles. The molecule has 1 aliphatic rings. The van der Waals surface area contributed by atoms with Crippen LogP contribution in [0, 0.1) is 0 Å².